The second-order valence-electron chi connectivity index (χ2n) is 7.52. The molecule has 1 saturated heterocycles. The number of imidazole rings is 1. The van der Waals surface area contributed by atoms with Crippen LogP contribution in [0.15, 0.2) is 30.9 Å². The van der Waals surface area contributed by atoms with E-state index in [4.69, 9.17) is 0 Å². The second kappa shape index (κ2) is 7.07. The average Bonchev–Trinajstić information content (AvgIpc) is 3.34. The summed E-state index contributed by atoms with van der Waals surface area (Å²) in [6.07, 6.45) is 3.35. The molecule has 0 N–H and O–H groups in total. The molecule has 1 fully saturated rings. The first-order valence-corrected chi connectivity index (χ1v) is 9.85. The zero-order valence-corrected chi connectivity index (χ0v) is 16.6. The summed E-state index contributed by atoms with van der Waals surface area (Å²) in [5.74, 6) is 1.49. The van der Waals surface area contributed by atoms with Crippen LogP contribution in [0.3, 0.4) is 0 Å². The molecule has 1 aromatic carbocycles. The second-order valence-corrected chi connectivity index (χ2v) is 7.52. The standard InChI is InChI=1S/C20H23FN8/c1-14-15(2)25-20-22-12-24-29(20)19(14)27-8-5-26(6-9-27)7-10-28-13-23-17-11-16(21)3-4-18(17)28/h3-4,11-13H,5-10H2,1-2H3. The quantitative estimate of drug-likeness (QED) is 0.528. The predicted octanol–water partition coefficient (Wildman–Crippen LogP) is 2.05. The molecule has 0 unspecified atom stereocenters. The Morgan fingerprint density at radius 3 is 2.69 bits per heavy atom. The lowest BCUT2D eigenvalue weighted by molar-refractivity contribution is 0.248. The summed E-state index contributed by atoms with van der Waals surface area (Å²) in [5.41, 5.74) is 3.82. The Morgan fingerprint density at radius 2 is 1.86 bits per heavy atom. The van der Waals surface area contributed by atoms with Gasteiger partial charge in [0.15, 0.2) is 0 Å². The highest BCUT2D eigenvalue weighted by atomic mass is 19.1. The molecule has 4 heterocycles. The van der Waals surface area contributed by atoms with Crippen LogP contribution in [0.1, 0.15) is 11.3 Å². The van der Waals surface area contributed by atoms with Crippen molar-refractivity contribution in [2.45, 2.75) is 20.4 Å². The lowest BCUT2D eigenvalue weighted by Crippen LogP contribution is -2.48. The van der Waals surface area contributed by atoms with Gasteiger partial charge in [-0.25, -0.2) is 14.4 Å². The maximum atomic E-state index is 13.4. The molecular formula is C20H23FN8. The fourth-order valence-electron chi connectivity index (χ4n) is 4.03. The van der Waals surface area contributed by atoms with E-state index in [1.54, 1.807) is 18.7 Å². The van der Waals surface area contributed by atoms with E-state index in [2.05, 4.69) is 41.3 Å². The maximum absolute atomic E-state index is 13.4. The molecule has 0 aliphatic carbocycles. The van der Waals surface area contributed by atoms with Gasteiger partial charge in [0.1, 0.15) is 18.0 Å². The molecule has 1 aliphatic rings. The monoisotopic (exact) mass is 394 g/mol. The Bertz CT molecular complexity index is 1170. The normalized spacial score (nSPS) is 15.6. The smallest absolute Gasteiger partial charge is 0.254 e. The summed E-state index contributed by atoms with van der Waals surface area (Å²) >= 11 is 0. The Balaban J connectivity index is 1.26. The van der Waals surface area contributed by atoms with Gasteiger partial charge in [-0.05, 0) is 26.0 Å². The van der Waals surface area contributed by atoms with Gasteiger partial charge >= 0.3 is 0 Å². The number of halogens is 1. The molecule has 0 spiro atoms. The maximum Gasteiger partial charge on any atom is 0.254 e. The van der Waals surface area contributed by atoms with Gasteiger partial charge < -0.3 is 9.47 Å². The van der Waals surface area contributed by atoms with Crippen molar-refractivity contribution >= 4 is 22.6 Å². The SMILES string of the molecule is Cc1nc2ncnn2c(N2CCN(CCn3cnc4cc(F)ccc43)CC2)c1C. The minimum Gasteiger partial charge on any atom is -0.354 e. The van der Waals surface area contributed by atoms with E-state index in [0.717, 1.165) is 61.9 Å². The number of anilines is 1. The molecule has 9 heteroatoms. The Morgan fingerprint density at radius 1 is 1.03 bits per heavy atom. The number of aryl methyl sites for hydroxylation is 1. The molecule has 150 valence electrons. The van der Waals surface area contributed by atoms with Gasteiger partial charge in [0.25, 0.3) is 5.78 Å². The number of fused-ring (bicyclic) bond motifs is 2. The highest BCUT2D eigenvalue weighted by molar-refractivity contribution is 5.75. The van der Waals surface area contributed by atoms with Crippen molar-refractivity contribution in [3.05, 3.63) is 47.9 Å². The number of aromatic nitrogens is 6. The van der Waals surface area contributed by atoms with Crippen LogP contribution in [-0.4, -0.2) is 66.8 Å². The van der Waals surface area contributed by atoms with Crippen LogP contribution in [0.25, 0.3) is 16.8 Å². The zero-order valence-electron chi connectivity index (χ0n) is 16.6. The van der Waals surface area contributed by atoms with Crippen molar-refractivity contribution < 1.29 is 4.39 Å². The highest BCUT2D eigenvalue weighted by Gasteiger charge is 2.22. The molecule has 29 heavy (non-hydrogen) atoms. The third-order valence-corrected chi connectivity index (χ3v) is 5.79. The first-order chi connectivity index (χ1) is 14.1. The minimum absolute atomic E-state index is 0.248. The zero-order chi connectivity index (χ0) is 20.0. The van der Waals surface area contributed by atoms with Crippen LogP contribution in [-0.2, 0) is 6.54 Å². The van der Waals surface area contributed by atoms with Crippen LogP contribution < -0.4 is 4.90 Å². The van der Waals surface area contributed by atoms with Crippen molar-refractivity contribution in [2.75, 3.05) is 37.6 Å². The third-order valence-electron chi connectivity index (χ3n) is 5.79. The van der Waals surface area contributed by atoms with E-state index in [-0.39, 0.29) is 5.82 Å². The van der Waals surface area contributed by atoms with Gasteiger partial charge in [0, 0.05) is 56.6 Å². The number of hydrogen-bond donors (Lipinski definition) is 0. The molecular weight excluding hydrogens is 371 g/mol. The van der Waals surface area contributed by atoms with Crippen LogP contribution in [0.2, 0.25) is 0 Å². The van der Waals surface area contributed by atoms with E-state index in [0.29, 0.717) is 11.3 Å². The van der Waals surface area contributed by atoms with E-state index >= 15 is 0 Å². The largest absolute Gasteiger partial charge is 0.354 e. The van der Waals surface area contributed by atoms with Gasteiger partial charge in [-0.2, -0.15) is 14.6 Å². The summed E-state index contributed by atoms with van der Waals surface area (Å²) < 4.78 is 17.3. The number of rotatable bonds is 4. The summed E-state index contributed by atoms with van der Waals surface area (Å²) in [5, 5.41) is 4.37. The molecule has 4 aromatic rings. The molecule has 0 amide bonds. The fourth-order valence-corrected chi connectivity index (χ4v) is 4.03. The molecule has 0 atom stereocenters. The summed E-state index contributed by atoms with van der Waals surface area (Å²) in [6.45, 7) is 9.68. The topological polar surface area (TPSA) is 67.4 Å². The van der Waals surface area contributed by atoms with Crippen molar-refractivity contribution in [1.82, 2.24) is 34.0 Å². The number of hydrogen-bond acceptors (Lipinski definition) is 6. The third kappa shape index (κ3) is 3.21. The lowest BCUT2D eigenvalue weighted by atomic mass is 10.2. The van der Waals surface area contributed by atoms with E-state index in [9.17, 15) is 4.39 Å². The lowest BCUT2D eigenvalue weighted by Gasteiger charge is -2.36. The summed E-state index contributed by atoms with van der Waals surface area (Å²) in [4.78, 5) is 17.9. The van der Waals surface area contributed by atoms with E-state index in [1.807, 2.05) is 11.4 Å². The van der Waals surface area contributed by atoms with Gasteiger partial charge in [-0.15, -0.1) is 0 Å². The molecule has 0 radical (unpaired) electrons. The Labute approximate surface area is 167 Å². The molecule has 0 saturated carbocycles. The Kier molecular flexibility index (Phi) is 4.39. The van der Waals surface area contributed by atoms with Crippen molar-refractivity contribution in [3.63, 3.8) is 0 Å². The van der Waals surface area contributed by atoms with E-state index in [1.165, 1.54) is 12.1 Å². The van der Waals surface area contributed by atoms with Gasteiger partial charge in [-0.3, -0.25) is 4.90 Å². The van der Waals surface area contributed by atoms with Crippen LogP contribution in [0.4, 0.5) is 10.2 Å². The minimum atomic E-state index is -0.248. The van der Waals surface area contributed by atoms with Crippen molar-refractivity contribution in [1.29, 1.82) is 0 Å². The van der Waals surface area contributed by atoms with Crippen molar-refractivity contribution in [3.8, 4) is 0 Å². The van der Waals surface area contributed by atoms with Gasteiger partial charge in [-0.1, -0.05) is 0 Å². The van der Waals surface area contributed by atoms with Gasteiger partial charge in [0.2, 0.25) is 0 Å². The number of benzene rings is 1. The molecule has 8 nitrogen and oxygen atoms in total. The summed E-state index contributed by atoms with van der Waals surface area (Å²) in [6, 6.07) is 4.77. The molecule has 5 rings (SSSR count). The number of piperazine rings is 1. The van der Waals surface area contributed by atoms with Gasteiger partial charge in [0.05, 0.1) is 17.4 Å². The fraction of sp³-hybridized carbons (Fsp3) is 0.400. The van der Waals surface area contributed by atoms with E-state index < -0.39 is 0 Å². The predicted molar refractivity (Wildman–Crippen MR) is 109 cm³/mol. The van der Waals surface area contributed by atoms with Crippen LogP contribution in [0, 0.1) is 19.7 Å². The summed E-state index contributed by atoms with van der Waals surface area (Å²) in [7, 11) is 0. The van der Waals surface area contributed by atoms with Crippen molar-refractivity contribution in [2.24, 2.45) is 0 Å². The first kappa shape index (κ1) is 18.0. The Hall–Kier alpha value is -3.07. The average molecular weight is 394 g/mol. The molecule has 1 aliphatic heterocycles. The van der Waals surface area contributed by atoms with Crippen LogP contribution in [0.5, 0.6) is 0 Å². The molecule has 0 bridgehead atoms. The number of nitrogens with zero attached hydrogens (tertiary/aromatic N) is 8. The van der Waals surface area contributed by atoms with Crippen LogP contribution >= 0.6 is 0 Å². The highest BCUT2D eigenvalue weighted by Crippen LogP contribution is 2.23. The molecule has 3 aromatic heterocycles. The first-order valence-electron chi connectivity index (χ1n) is 9.85.